The van der Waals surface area contributed by atoms with Crippen molar-refractivity contribution in [2.45, 2.75) is 31.7 Å². The molecule has 2 N–H and O–H groups in total. The molecule has 0 fully saturated rings. The van der Waals surface area contributed by atoms with Crippen LogP contribution in [-0.4, -0.2) is 10.9 Å². The van der Waals surface area contributed by atoms with Gasteiger partial charge in [0.15, 0.2) is 0 Å². The second kappa shape index (κ2) is 3.23. The summed E-state index contributed by atoms with van der Waals surface area (Å²) >= 11 is 6.05. The average Bonchev–Trinajstić information content (AvgIpc) is 2.00. The van der Waals surface area contributed by atoms with Crippen molar-refractivity contribution < 1.29 is 0 Å². The van der Waals surface area contributed by atoms with Gasteiger partial charge in [-0.1, -0.05) is 30.7 Å². The summed E-state index contributed by atoms with van der Waals surface area (Å²) in [5.41, 5.74) is 7.10. The maximum absolute atomic E-state index is 6.18. The van der Waals surface area contributed by atoms with Crippen LogP contribution < -0.4 is 5.73 Å². The Morgan fingerprint density at radius 1 is 1.67 bits per heavy atom. The van der Waals surface area contributed by atoms with E-state index in [1.54, 1.807) is 0 Å². The molecule has 0 heterocycles. The number of rotatable bonds is 1. The Kier molecular flexibility index (Phi) is 2.64. The number of halogens is 1. The Hall–Kier alpha value is -0.270. The molecule has 2 heteroatoms. The molecule has 0 aromatic heterocycles. The van der Waals surface area contributed by atoms with Crippen molar-refractivity contribution in [2.75, 3.05) is 0 Å². The monoisotopic (exact) mass is 185 g/mol. The lowest BCUT2D eigenvalue weighted by Gasteiger charge is -2.37. The van der Waals surface area contributed by atoms with Crippen LogP contribution in [0.3, 0.4) is 0 Å². The van der Waals surface area contributed by atoms with Crippen LogP contribution in [0.2, 0.25) is 0 Å². The van der Waals surface area contributed by atoms with Gasteiger partial charge in [-0.05, 0) is 13.8 Å². The van der Waals surface area contributed by atoms with Crippen LogP contribution in [0.1, 0.15) is 20.8 Å². The topological polar surface area (TPSA) is 26.0 Å². The fourth-order valence-corrected chi connectivity index (χ4v) is 1.79. The molecule has 0 radical (unpaired) electrons. The first kappa shape index (κ1) is 9.82. The van der Waals surface area contributed by atoms with Gasteiger partial charge in [-0.25, -0.2) is 0 Å². The Bertz CT molecular complexity index is 230. The van der Waals surface area contributed by atoms with Gasteiger partial charge in [0.05, 0.1) is 10.9 Å². The average molecular weight is 186 g/mol. The lowest BCUT2D eigenvalue weighted by Crippen LogP contribution is -2.52. The molecule has 3 unspecified atom stereocenters. The van der Waals surface area contributed by atoms with Gasteiger partial charge in [0, 0.05) is 5.92 Å². The molecule has 12 heavy (non-hydrogen) atoms. The number of allylic oxidation sites excluding steroid dienone is 2. The zero-order valence-electron chi connectivity index (χ0n) is 7.84. The van der Waals surface area contributed by atoms with Gasteiger partial charge in [0.1, 0.15) is 0 Å². The van der Waals surface area contributed by atoms with Gasteiger partial charge in [0.2, 0.25) is 0 Å². The molecule has 0 aromatic carbocycles. The minimum atomic E-state index is -0.375. The molecule has 1 aliphatic carbocycles. The van der Waals surface area contributed by atoms with Gasteiger partial charge in [-0.3, -0.25) is 0 Å². The molecule has 3 atom stereocenters. The van der Waals surface area contributed by atoms with Crippen molar-refractivity contribution in [3.8, 4) is 0 Å². The summed E-state index contributed by atoms with van der Waals surface area (Å²) < 4.78 is 0. The first-order chi connectivity index (χ1) is 5.48. The third-order valence-corrected chi connectivity index (χ3v) is 3.24. The van der Waals surface area contributed by atoms with Gasteiger partial charge in [0.25, 0.3) is 0 Å². The van der Waals surface area contributed by atoms with E-state index in [0.29, 0.717) is 5.92 Å². The molecule has 0 saturated carbocycles. The van der Waals surface area contributed by atoms with Crippen LogP contribution in [0.25, 0.3) is 0 Å². The molecule has 0 saturated heterocycles. The molecule has 1 rings (SSSR count). The molecule has 68 valence electrons. The molecular weight excluding hydrogens is 170 g/mol. The largest absolute Gasteiger partial charge is 0.320 e. The van der Waals surface area contributed by atoms with E-state index in [1.807, 2.05) is 19.1 Å². The van der Waals surface area contributed by atoms with Crippen molar-refractivity contribution in [1.82, 2.24) is 0 Å². The van der Waals surface area contributed by atoms with E-state index in [2.05, 4.69) is 19.9 Å². The third-order valence-electron chi connectivity index (χ3n) is 2.87. The highest BCUT2D eigenvalue weighted by Crippen LogP contribution is 2.32. The fraction of sp³-hybridized carbons (Fsp3) is 0.600. The minimum absolute atomic E-state index is 0.0348. The minimum Gasteiger partial charge on any atom is -0.320 e. The van der Waals surface area contributed by atoms with E-state index in [-0.39, 0.29) is 10.9 Å². The standard InChI is InChI=1S/C10H16ClN/c1-7-5-4-6-10(12,8(7)2)9(3)11/h4-6,8-9H,12H2,1-3H3. The highest BCUT2D eigenvalue weighted by atomic mass is 35.5. The van der Waals surface area contributed by atoms with E-state index < -0.39 is 0 Å². The summed E-state index contributed by atoms with van der Waals surface area (Å²) in [7, 11) is 0. The molecular formula is C10H16ClN. The zero-order chi connectivity index (χ0) is 9.35. The smallest absolute Gasteiger partial charge is 0.0569 e. The highest BCUT2D eigenvalue weighted by molar-refractivity contribution is 6.21. The number of hydrogen-bond donors (Lipinski definition) is 1. The van der Waals surface area contributed by atoms with Crippen LogP contribution in [0.5, 0.6) is 0 Å². The van der Waals surface area contributed by atoms with E-state index >= 15 is 0 Å². The van der Waals surface area contributed by atoms with E-state index in [1.165, 1.54) is 5.57 Å². The third kappa shape index (κ3) is 1.44. The lowest BCUT2D eigenvalue weighted by molar-refractivity contribution is 0.392. The van der Waals surface area contributed by atoms with Crippen LogP contribution in [0, 0.1) is 5.92 Å². The molecule has 1 nitrogen and oxygen atoms in total. The van der Waals surface area contributed by atoms with Gasteiger partial charge in [-0.15, -0.1) is 11.6 Å². The van der Waals surface area contributed by atoms with Crippen molar-refractivity contribution in [3.05, 3.63) is 23.8 Å². The molecule has 0 amide bonds. The lowest BCUT2D eigenvalue weighted by atomic mass is 9.76. The SMILES string of the molecule is CC1=CC=CC(N)(C(C)Cl)C1C. The van der Waals surface area contributed by atoms with E-state index in [4.69, 9.17) is 17.3 Å². The van der Waals surface area contributed by atoms with Crippen LogP contribution in [-0.2, 0) is 0 Å². The number of nitrogens with two attached hydrogens (primary N) is 1. The quantitative estimate of drug-likeness (QED) is 0.625. The second-order valence-electron chi connectivity index (χ2n) is 3.61. The maximum atomic E-state index is 6.18. The van der Waals surface area contributed by atoms with Crippen molar-refractivity contribution in [3.63, 3.8) is 0 Å². The van der Waals surface area contributed by atoms with Crippen LogP contribution in [0.4, 0.5) is 0 Å². The molecule has 0 aromatic rings. The van der Waals surface area contributed by atoms with Crippen molar-refractivity contribution in [2.24, 2.45) is 11.7 Å². The molecule has 1 aliphatic rings. The summed E-state index contributed by atoms with van der Waals surface area (Å²) in [6.45, 7) is 6.16. The Morgan fingerprint density at radius 3 is 2.67 bits per heavy atom. The number of alkyl halides is 1. The van der Waals surface area contributed by atoms with Gasteiger partial charge >= 0.3 is 0 Å². The summed E-state index contributed by atoms with van der Waals surface area (Å²) in [6.07, 6.45) is 6.09. The Morgan fingerprint density at radius 2 is 2.25 bits per heavy atom. The van der Waals surface area contributed by atoms with Gasteiger partial charge in [-0.2, -0.15) is 0 Å². The predicted octanol–water partition coefficient (Wildman–Crippen LogP) is 2.46. The molecule has 0 spiro atoms. The van der Waals surface area contributed by atoms with Gasteiger partial charge < -0.3 is 5.73 Å². The zero-order valence-corrected chi connectivity index (χ0v) is 8.60. The van der Waals surface area contributed by atoms with E-state index in [9.17, 15) is 0 Å². The normalized spacial score (nSPS) is 37.8. The Labute approximate surface area is 79.3 Å². The highest BCUT2D eigenvalue weighted by Gasteiger charge is 2.36. The summed E-state index contributed by atoms with van der Waals surface area (Å²) in [4.78, 5) is 0. The van der Waals surface area contributed by atoms with Crippen LogP contribution in [0.15, 0.2) is 23.8 Å². The van der Waals surface area contributed by atoms with Crippen molar-refractivity contribution in [1.29, 1.82) is 0 Å². The summed E-state index contributed by atoms with van der Waals surface area (Å²) in [5, 5.41) is -0.0348. The first-order valence-corrected chi connectivity index (χ1v) is 4.71. The Balaban J connectivity index is 2.95. The predicted molar refractivity (Wildman–Crippen MR) is 54.3 cm³/mol. The van der Waals surface area contributed by atoms with E-state index in [0.717, 1.165) is 0 Å². The maximum Gasteiger partial charge on any atom is 0.0569 e. The van der Waals surface area contributed by atoms with Crippen molar-refractivity contribution >= 4 is 11.6 Å². The number of hydrogen-bond acceptors (Lipinski definition) is 1. The second-order valence-corrected chi connectivity index (χ2v) is 4.26. The first-order valence-electron chi connectivity index (χ1n) is 4.27. The summed E-state index contributed by atoms with van der Waals surface area (Å²) in [5.74, 6) is 0.329. The fourth-order valence-electron chi connectivity index (χ4n) is 1.53. The molecule has 0 bridgehead atoms. The summed E-state index contributed by atoms with van der Waals surface area (Å²) in [6, 6.07) is 0. The molecule has 0 aliphatic heterocycles. The van der Waals surface area contributed by atoms with Crippen LogP contribution >= 0.6 is 11.6 Å².